The molecule has 5 rings (SSSR count). The number of nitrogens with one attached hydrogen (secondary N) is 1. The summed E-state index contributed by atoms with van der Waals surface area (Å²) in [7, 11) is 0. The largest absolute Gasteiger partial charge is 0.461 e. The molecule has 1 aliphatic rings. The molecular formula is C21H20N6O4. The van der Waals surface area contributed by atoms with Crippen molar-refractivity contribution in [1.82, 2.24) is 29.2 Å². The van der Waals surface area contributed by atoms with Crippen molar-refractivity contribution in [1.29, 1.82) is 0 Å². The fourth-order valence-electron chi connectivity index (χ4n) is 3.53. The Morgan fingerprint density at radius 3 is 2.77 bits per heavy atom. The van der Waals surface area contributed by atoms with Crippen LogP contribution in [0.25, 0.3) is 22.5 Å². The third-order valence-electron chi connectivity index (χ3n) is 5.22. The standard InChI is InChI=1S/C21H20N6O4/c28-18(12-25-13-23-16-5-2-1-4-15(16)20(25)29)22-9-10-26-21(30)27(14-7-8-14)19(24-26)17-6-3-11-31-17/h1-6,11,13-14H,7-10,12H2,(H,22,28). The maximum Gasteiger partial charge on any atom is 0.346 e. The number of hydrogen-bond donors (Lipinski definition) is 1. The van der Waals surface area contributed by atoms with Crippen LogP contribution in [0.2, 0.25) is 0 Å². The lowest BCUT2D eigenvalue weighted by Gasteiger charge is -2.07. The SMILES string of the molecule is O=C(Cn1cnc2ccccc2c1=O)NCCn1nc(-c2ccco2)n(C2CC2)c1=O. The number of fused-ring (bicyclic) bond motifs is 1. The van der Waals surface area contributed by atoms with E-state index in [4.69, 9.17) is 4.42 Å². The average Bonchev–Trinajstić information content (AvgIpc) is 3.35. The number of furan rings is 1. The molecule has 10 heteroatoms. The highest BCUT2D eigenvalue weighted by atomic mass is 16.3. The first-order chi connectivity index (χ1) is 15.1. The second-order valence-electron chi connectivity index (χ2n) is 7.45. The van der Waals surface area contributed by atoms with Gasteiger partial charge in [-0.05, 0) is 37.1 Å². The van der Waals surface area contributed by atoms with Crippen LogP contribution in [0.1, 0.15) is 18.9 Å². The van der Waals surface area contributed by atoms with Crippen molar-refractivity contribution in [3.63, 3.8) is 0 Å². The summed E-state index contributed by atoms with van der Waals surface area (Å²) in [5.74, 6) is 0.688. The maximum absolute atomic E-state index is 12.8. The lowest BCUT2D eigenvalue weighted by atomic mass is 10.2. The Balaban J connectivity index is 1.26. The minimum atomic E-state index is -0.347. The Hall–Kier alpha value is -3.95. The predicted octanol–water partition coefficient (Wildman–Crippen LogP) is 1.17. The van der Waals surface area contributed by atoms with Gasteiger partial charge in [0.1, 0.15) is 6.54 Å². The van der Waals surface area contributed by atoms with Crippen molar-refractivity contribution >= 4 is 16.8 Å². The lowest BCUT2D eigenvalue weighted by molar-refractivity contribution is -0.121. The average molecular weight is 420 g/mol. The van der Waals surface area contributed by atoms with Crippen molar-refractivity contribution in [2.75, 3.05) is 6.54 Å². The van der Waals surface area contributed by atoms with E-state index in [2.05, 4.69) is 15.4 Å². The molecule has 0 bridgehead atoms. The monoisotopic (exact) mass is 420 g/mol. The second kappa shape index (κ2) is 7.71. The van der Waals surface area contributed by atoms with Crippen molar-refractivity contribution < 1.29 is 9.21 Å². The highest BCUT2D eigenvalue weighted by Gasteiger charge is 2.31. The van der Waals surface area contributed by atoms with Gasteiger partial charge in [0.05, 0.1) is 30.0 Å². The fourth-order valence-corrected chi connectivity index (χ4v) is 3.53. The van der Waals surface area contributed by atoms with Gasteiger partial charge in [-0.3, -0.25) is 18.7 Å². The first kappa shape index (κ1) is 19.0. The third-order valence-corrected chi connectivity index (χ3v) is 5.22. The van der Waals surface area contributed by atoms with E-state index < -0.39 is 0 Å². The Bertz CT molecular complexity index is 1360. The molecule has 1 aromatic carbocycles. The number of carbonyl (C=O) groups is 1. The number of benzene rings is 1. The molecule has 0 atom stereocenters. The number of para-hydroxylation sites is 1. The summed E-state index contributed by atoms with van der Waals surface area (Å²) in [6.07, 6.45) is 4.77. The van der Waals surface area contributed by atoms with E-state index in [1.807, 2.05) is 0 Å². The summed E-state index contributed by atoms with van der Waals surface area (Å²) >= 11 is 0. The number of hydrogen-bond acceptors (Lipinski definition) is 6. The molecule has 158 valence electrons. The number of aromatic nitrogens is 5. The molecule has 0 radical (unpaired) electrons. The van der Waals surface area contributed by atoms with Crippen LogP contribution < -0.4 is 16.6 Å². The number of amides is 1. The van der Waals surface area contributed by atoms with Gasteiger partial charge in [-0.25, -0.2) is 14.5 Å². The van der Waals surface area contributed by atoms with Crippen LogP contribution in [0.4, 0.5) is 0 Å². The maximum atomic E-state index is 12.8. The summed E-state index contributed by atoms with van der Waals surface area (Å²) in [6, 6.07) is 10.6. The normalized spacial score (nSPS) is 13.5. The summed E-state index contributed by atoms with van der Waals surface area (Å²) in [5, 5.41) is 7.59. The van der Waals surface area contributed by atoms with E-state index in [1.54, 1.807) is 47.2 Å². The summed E-state index contributed by atoms with van der Waals surface area (Å²) in [4.78, 5) is 41.8. The highest BCUT2D eigenvalue weighted by Crippen LogP contribution is 2.36. The fraction of sp³-hybridized carbons (Fsp3) is 0.286. The first-order valence-corrected chi connectivity index (χ1v) is 10.1. The van der Waals surface area contributed by atoms with E-state index in [9.17, 15) is 14.4 Å². The van der Waals surface area contributed by atoms with Crippen molar-refractivity contribution in [2.45, 2.75) is 32.0 Å². The summed E-state index contributed by atoms with van der Waals surface area (Å²) in [5.41, 5.74) is 0.0866. The molecule has 3 heterocycles. The second-order valence-corrected chi connectivity index (χ2v) is 7.45. The molecule has 10 nitrogen and oxygen atoms in total. The van der Waals surface area contributed by atoms with E-state index in [1.165, 1.54) is 15.6 Å². The van der Waals surface area contributed by atoms with E-state index in [0.717, 1.165) is 12.8 Å². The minimum Gasteiger partial charge on any atom is -0.461 e. The van der Waals surface area contributed by atoms with Crippen LogP contribution in [0.5, 0.6) is 0 Å². The van der Waals surface area contributed by atoms with Crippen LogP contribution in [0, 0.1) is 0 Å². The number of nitrogens with zero attached hydrogens (tertiary/aromatic N) is 5. The van der Waals surface area contributed by atoms with Gasteiger partial charge in [-0.15, -0.1) is 5.10 Å². The minimum absolute atomic E-state index is 0.142. The highest BCUT2D eigenvalue weighted by molar-refractivity contribution is 5.78. The summed E-state index contributed by atoms with van der Waals surface area (Å²) < 4.78 is 9.67. The zero-order chi connectivity index (χ0) is 21.4. The molecule has 1 fully saturated rings. The molecule has 1 amide bonds. The Morgan fingerprint density at radius 1 is 1.16 bits per heavy atom. The molecule has 0 saturated heterocycles. The summed E-state index contributed by atoms with van der Waals surface area (Å²) in [6.45, 7) is 0.260. The van der Waals surface area contributed by atoms with Crippen molar-refractivity contribution in [3.8, 4) is 11.6 Å². The lowest BCUT2D eigenvalue weighted by Crippen LogP contribution is -2.36. The smallest absolute Gasteiger partial charge is 0.346 e. The van der Waals surface area contributed by atoms with Crippen LogP contribution in [-0.4, -0.2) is 36.4 Å². The Kier molecular flexibility index (Phi) is 4.73. The van der Waals surface area contributed by atoms with Gasteiger partial charge in [0.25, 0.3) is 5.56 Å². The van der Waals surface area contributed by atoms with Crippen molar-refractivity contribution in [2.24, 2.45) is 0 Å². The van der Waals surface area contributed by atoms with Gasteiger partial charge in [0, 0.05) is 12.6 Å². The Labute approximate surface area is 175 Å². The van der Waals surface area contributed by atoms with Crippen molar-refractivity contribution in [3.05, 3.63) is 69.8 Å². The molecule has 31 heavy (non-hydrogen) atoms. The van der Waals surface area contributed by atoms with Gasteiger partial charge in [0.15, 0.2) is 5.76 Å². The van der Waals surface area contributed by atoms with Crippen LogP contribution in [0.15, 0.2) is 63.0 Å². The number of rotatable bonds is 7. The van der Waals surface area contributed by atoms with Crippen LogP contribution in [0.3, 0.4) is 0 Å². The molecule has 1 aliphatic carbocycles. The predicted molar refractivity (Wildman–Crippen MR) is 111 cm³/mol. The molecule has 1 saturated carbocycles. The van der Waals surface area contributed by atoms with Gasteiger partial charge in [0.2, 0.25) is 11.7 Å². The molecular weight excluding hydrogens is 400 g/mol. The molecule has 0 spiro atoms. The first-order valence-electron chi connectivity index (χ1n) is 10.1. The molecule has 0 aliphatic heterocycles. The van der Waals surface area contributed by atoms with E-state index >= 15 is 0 Å². The van der Waals surface area contributed by atoms with E-state index in [-0.39, 0.29) is 42.8 Å². The molecule has 1 N–H and O–H groups in total. The van der Waals surface area contributed by atoms with Gasteiger partial charge < -0.3 is 9.73 Å². The quantitative estimate of drug-likeness (QED) is 0.480. The zero-order valence-corrected chi connectivity index (χ0v) is 16.6. The van der Waals surface area contributed by atoms with Crippen LogP contribution >= 0.6 is 0 Å². The molecule has 4 aromatic rings. The zero-order valence-electron chi connectivity index (χ0n) is 16.6. The van der Waals surface area contributed by atoms with E-state index in [0.29, 0.717) is 22.5 Å². The van der Waals surface area contributed by atoms with Gasteiger partial charge in [-0.2, -0.15) is 0 Å². The third kappa shape index (κ3) is 3.67. The topological polar surface area (TPSA) is 117 Å². The van der Waals surface area contributed by atoms with Crippen LogP contribution in [-0.2, 0) is 17.9 Å². The Morgan fingerprint density at radius 2 is 2.00 bits per heavy atom. The number of carbonyl (C=O) groups excluding carboxylic acids is 1. The van der Waals surface area contributed by atoms with Gasteiger partial charge >= 0.3 is 5.69 Å². The van der Waals surface area contributed by atoms with Gasteiger partial charge in [-0.1, -0.05) is 12.1 Å². The molecule has 0 unspecified atom stereocenters. The molecule has 3 aromatic heterocycles.